The highest BCUT2D eigenvalue weighted by Gasteiger charge is 2.04. The van der Waals surface area contributed by atoms with Gasteiger partial charge in [0.1, 0.15) is 5.75 Å². The van der Waals surface area contributed by atoms with Crippen LogP contribution < -0.4 is 15.4 Å². The van der Waals surface area contributed by atoms with Gasteiger partial charge < -0.3 is 15.4 Å². The molecule has 22 heavy (non-hydrogen) atoms. The highest BCUT2D eigenvalue weighted by atomic mass is 16.5. The quantitative estimate of drug-likeness (QED) is 0.691. The second kappa shape index (κ2) is 8.32. The van der Waals surface area contributed by atoms with Gasteiger partial charge in [0.05, 0.1) is 6.61 Å². The SMILES string of the molecule is CCOc1ccc(NCCNc2ccccc2C(C)C)cc1. The maximum atomic E-state index is 5.44. The second-order valence-electron chi connectivity index (χ2n) is 5.55. The fourth-order valence-electron chi connectivity index (χ4n) is 2.40. The molecule has 0 aromatic heterocycles. The number of rotatable bonds is 8. The summed E-state index contributed by atoms with van der Waals surface area (Å²) in [4.78, 5) is 0. The Hall–Kier alpha value is -2.16. The molecule has 0 bridgehead atoms. The lowest BCUT2D eigenvalue weighted by molar-refractivity contribution is 0.340. The molecule has 0 fully saturated rings. The molecular formula is C19H26N2O. The van der Waals surface area contributed by atoms with Gasteiger partial charge in [0.15, 0.2) is 0 Å². The maximum Gasteiger partial charge on any atom is 0.119 e. The lowest BCUT2D eigenvalue weighted by Gasteiger charge is -2.15. The summed E-state index contributed by atoms with van der Waals surface area (Å²) >= 11 is 0. The van der Waals surface area contributed by atoms with Crippen molar-refractivity contribution in [2.75, 3.05) is 30.3 Å². The van der Waals surface area contributed by atoms with Crippen LogP contribution in [0.25, 0.3) is 0 Å². The molecule has 2 rings (SSSR count). The minimum Gasteiger partial charge on any atom is -0.494 e. The van der Waals surface area contributed by atoms with Gasteiger partial charge in [-0.25, -0.2) is 0 Å². The van der Waals surface area contributed by atoms with Crippen LogP contribution in [0.1, 0.15) is 32.3 Å². The number of hydrogen-bond acceptors (Lipinski definition) is 3. The molecule has 0 unspecified atom stereocenters. The third kappa shape index (κ3) is 4.69. The topological polar surface area (TPSA) is 33.3 Å². The molecule has 0 saturated heterocycles. The summed E-state index contributed by atoms with van der Waals surface area (Å²) in [6.07, 6.45) is 0. The molecule has 3 heteroatoms. The van der Waals surface area contributed by atoms with Crippen molar-refractivity contribution >= 4 is 11.4 Å². The summed E-state index contributed by atoms with van der Waals surface area (Å²) in [6, 6.07) is 16.6. The molecule has 3 nitrogen and oxygen atoms in total. The molecule has 2 N–H and O–H groups in total. The molecule has 0 atom stereocenters. The number of anilines is 2. The van der Waals surface area contributed by atoms with Gasteiger partial charge in [0, 0.05) is 24.5 Å². The van der Waals surface area contributed by atoms with E-state index in [2.05, 4.69) is 48.7 Å². The first kappa shape index (κ1) is 16.2. The Balaban J connectivity index is 1.80. The molecule has 0 saturated carbocycles. The van der Waals surface area contributed by atoms with Crippen LogP contribution in [0.15, 0.2) is 48.5 Å². The average molecular weight is 298 g/mol. The van der Waals surface area contributed by atoms with Crippen LogP contribution in [-0.2, 0) is 0 Å². The molecule has 0 amide bonds. The zero-order valence-corrected chi connectivity index (χ0v) is 13.7. The number of para-hydroxylation sites is 1. The minimum atomic E-state index is 0.530. The highest BCUT2D eigenvalue weighted by Crippen LogP contribution is 2.23. The first-order chi connectivity index (χ1) is 10.7. The van der Waals surface area contributed by atoms with Gasteiger partial charge in [-0.15, -0.1) is 0 Å². The van der Waals surface area contributed by atoms with Crippen molar-refractivity contribution < 1.29 is 4.74 Å². The summed E-state index contributed by atoms with van der Waals surface area (Å²) in [5, 5.41) is 6.92. The van der Waals surface area contributed by atoms with Crippen LogP contribution in [0.3, 0.4) is 0 Å². The molecule has 0 aliphatic heterocycles. The number of ether oxygens (including phenoxy) is 1. The maximum absolute atomic E-state index is 5.44. The summed E-state index contributed by atoms with van der Waals surface area (Å²) in [7, 11) is 0. The first-order valence-corrected chi connectivity index (χ1v) is 8.00. The van der Waals surface area contributed by atoms with Gasteiger partial charge in [-0.3, -0.25) is 0 Å². The van der Waals surface area contributed by atoms with Crippen molar-refractivity contribution in [2.24, 2.45) is 0 Å². The Labute approximate surface area is 133 Å². The Morgan fingerprint density at radius 1 is 0.909 bits per heavy atom. The van der Waals surface area contributed by atoms with E-state index in [-0.39, 0.29) is 0 Å². The lowest BCUT2D eigenvalue weighted by atomic mass is 10.0. The fourth-order valence-corrected chi connectivity index (χ4v) is 2.40. The molecule has 0 spiro atoms. The van der Waals surface area contributed by atoms with Crippen molar-refractivity contribution in [2.45, 2.75) is 26.7 Å². The summed E-state index contributed by atoms with van der Waals surface area (Å²) in [5.74, 6) is 1.44. The lowest BCUT2D eigenvalue weighted by Crippen LogP contribution is -2.14. The van der Waals surface area contributed by atoms with E-state index in [0.717, 1.165) is 24.5 Å². The molecular weight excluding hydrogens is 272 g/mol. The van der Waals surface area contributed by atoms with E-state index in [4.69, 9.17) is 4.74 Å². The Morgan fingerprint density at radius 2 is 1.59 bits per heavy atom. The monoisotopic (exact) mass is 298 g/mol. The second-order valence-corrected chi connectivity index (χ2v) is 5.55. The molecule has 2 aromatic rings. The summed E-state index contributed by atoms with van der Waals surface area (Å²) in [5.41, 5.74) is 3.71. The molecule has 0 aliphatic carbocycles. The van der Waals surface area contributed by atoms with Gasteiger partial charge in [-0.2, -0.15) is 0 Å². The van der Waals surface area contributed by atoms with E-state index in [0.29, 0.717) is 12.5 Å². The first-order valence-electron chi connectivity index (χ1n) is 8.00. The van der Waals surface area contributed by atoms with Crippen molar-refractivity contribution in [1.82, 2.24) is 0 Å². The van der Waals surface area contributed by atoms with Crippen LogP contribution in [0, 0.1) is 0 Å². The van der Waals surface area contributed by atoms with Crippen molar-refractivity contribution in [1.29, 1.82) is 0 Å². The smallest absolute Gasteiger partial charge is 0.119 e. The van der Waals surface area contributed by atoms with E-state index in [1.54, 1.807) is 0 Å². The van der Waals surface area contributed by atoms with E-state index < -0.39 is 0 Å². The predicted octanol–water partition coefficient (Wildman–Crippen LogP) is 4.73. The standard InChI is InChI=1S/C19H26N2O/c1-4-22-17-11-9-16(10-12-17)20-13-14-21-19-8-6-5-7-18(19)15(2)3/h5-12,15,20-21H,4,13-14H2,1-3H3. The minimum absolute atomic E-state index is 0.530. The molecule has 0 aliphatic rings. The summed E-state index contributed by atoms with van der Waals surface area (Å²) in [6.45, 7) is 8.90. The summed E-state index contributed by atoms with van der Waals surface area (Å²) < 4.78 is 5.44. The molecule has 0 radical (unpaired) electrons. The molecule has 0 heterocycles. The molecule has 2 aromatic carbocycles. The highest BCUT2D eigenvalue weighted by molar-refractivity contribution is 5.53. The van der Waals surface area contributed by atoms with Crippen LogP contribution in [0.5, 0.6) is 5.75 Å². The van der Waals surface area contributed by atoms with Crippen molar-refractivity contribution in [3.63, 3.8) is 0 Å². The van der Waals surface area contributed by atoms with Gasteiger partial charge in [0.2, 0.25) is 0 Å². The van der Waals surface area contributed by atoms with E-state index in [1.165, 1.54) is 11.3 Å². The number of benzene rings is 2. The van der Waals surface area contributed by atoms with Crippen LogP contribution in [-0.4, -0.2) is 19.7 Å². The van der Waals surface area contributed by atoms with Crippen LogP contribution in [0.4, 0.5) is 11.4 Å². The van der Waals surface area contributed by atoms with E-state index in [1.807, 2.05) is 31.2 Å². The largest absolute Gasteiger partial charge is 0.494 e. The van der Waals surface area contributed by atoms with Crippen LogP contribution >= 0.6 is 0 Å². The number of hydrogen-bond donors (Lipinski definition) is 2. The van der Waals surface area contributed by atoms with Gasteiger partial charge in [-0.1, -0.05) is 32.0 Å². The van der Waals surface area contributed by atoms with Crippen molar-refractivity contribution in [3.05, 3.63) is 54.1 Å². The Morgan fingerprint density at radius 3 is 2.27 bits per heavy atom. The van der Waals surface area contributed by atoms with Gasteiger partial charge >= 0.3 is 0 Å². The fraction of sp³-hybridized carbons (Fsp3) is 0.368. The normalized spacial score (nSPS) is 10.5. The Kier molecular flexibility index (Phi) is 6.13. The predicted molar refractivity (Wildman–Crippen MR) is 95.1 cm³/mol. The molecule has 118 valence electrons. The third-order valence-electron chi connectivity index (χ3n) is 3.52. The van der Waals surface area contributed by atoms with Gasteiger partial charge in [0.25, 0.3) is 0 Å². The van der Waals surface area contributed by atoms with Gasteiger partial charge in [-0.05, 0) is 48.7 Å². The third-order valence-corrected chi connectivity index (χ3v) is 3.52. The number of nitrogens with one attached hydrogen (secondary N) is 2. The zero-order valence-electron chi connectivity index (χ0n) is 13.7. The van der Waals surface area contributed by atoms with E-state index >= 15 is 0 Å². The van der Waals surface area contributed by atoms with Crippen molar-refractivity contribution in [3.8, 4) is 5.75 Å². The Bertz CT molecular complexity index is 564. The zero-order chi connectivity index (χ0) is 15.8. The van der Waals surface area contributed by atoms with Crippen LogP contribution in [0.2, 0.25) is 0 Å². The van der Waals surface area contributed by atoms with E-state index in [9.17, 15) is 0 Å². The average Bonchev–Trinajstić information content (AvgIpc) is 2.53.